The fraction of sp³-hybridized carbons (Fsp3) is 0.406. The number of nitrogens with two attached hydrogens (primary N) is 1. The van der Waals surface area contributed by atoms with Gasteiger partial charge in [0.05, 0.1) is 11.4 Å². The zero-order valence-corrected chi connectivity index (χ0v) is 23.9. The fourth-order valence-corrected chi connectivity index (χ4v) is 7.11. The first-order valence-corrected chi connectivity index (χ1v) is 15.1. The average Bonchev–Trinajstić information content (AvgIpc) is 3.60. The molecule has 1 saturated carbocycles. The van der Waals surface area contributed by atoms with Crippen LogP contribution < -0.4 is 5.73 Å². The molecular formula is C32H36ClN7O. The second kappa shape index (κ2) is 11.1. The van der Waals surface area contributed by atoms with Crippen LogP contribution in [0.3, 0.4) is 0 Å². The Labute approximate surface area is 244 Å². The number of benzene rings is 2. The summed E-state index contributed by atoms with van der Waals surface area (Å²) in [5, 5.41) is 17.4. The number of piperidine rings is 1. The summed E-state index contributed by atoms with van der Waals surface area (Å²) in [5.41, 5.74) is 11.4. The highest BCUT2D eigenvalue weighted by Gasteiger charge is 2.31. The van der Waals surface area contributed by atoms with E-state index in [2.05, 4.69) is 60.6 Å². The summed E-state index contributed by atoms with van der Waals surface area (Å²) in [6, 6.07) is 17.5. The maximum Gasteiger partial charge on any atom is 0.164 e. The number of hydrogen-bond acceptors (Lipinski definition) is 6. The highest BCUT2D eigenvalue weighted by Crippen LogP contribution is 2.38. The van der Waals surface area contributed by atoms with Gasteiger partial charge in [-0.15, -0.1) is 0 Å². The molecule has 0 unspecified atom stereocenters. The molecule has 2 aromatic carbocycles. The number of likely N-dealkylation sites (tertiary alicyclic amines) is 1. The van der Waals surface area contributed by atoms with Gasteiger partial charge in [0, 0.05) is 46.9 Å². The predicted molar refractivity (Wildman–Crippen MR) is 164 cm³/mol. The number of aliphatic hydroxyl groups is 1. The van der Waals surface area contributed by atoms with Crippen molar-refractivity contribution in [3.05, 3.63) is 71.6 Å². The van der Waals surface area contributed by atoms with Crippen LogP contribution in [0.2, 0.25) is 5.02 Å². The lowest BCUT2D eigenvalue weighted by Crippen LogP contribution is -2.43. The minimum absolute atomic E-state index is 0.284. The van der Waals surface area contributed by atoms with Gasteiger partial charge in [-0.05, 0) is 87.4 Å². The second-order valence-corrected chi connectivity index (χ2v) is 12.1. The lowest BCUT2D eigenvalue weighted by Gasteiger charge is -2.40. The molecule has 0 spiro atoms. The van der Waals surface area contributed by atoms with E-state index < -0.39 is 0 Å². The number of nitrogen functional groups attached to an aromatic ring is 1. The zero-order chi connectivity index (χ0) is 27.9. The molecule has 0 radical (unpaired) electrons. The van der Waals surface area contributed by atoms with E-state index in [4.69, 9.17) is 22.4 Å². The van der Waals surface area contributed by atoms with E-state index in [-0.39, 0.29) is 6.04 Å². The van der Waals surface area contributed by atoms with Crippen molar-refractivity contribution < 1.29 is 5.11 Å². The van der Waals surface area contributed by atoms with Crippen molar-refractivity contribution in [3.8, 4) is 11.3 Å². The van der Waals surface area contributed by atoms with E-state index in [1.807, 2.05) is 18.2 Å². The predicted octanol–water partition coefficient (Wildman–Crippen LogP) is 5.92. The van der Waals surface area contributed by atoms with Crippen LogP contribution in [-0.2, 0) is 6.54 Å². The van der Waals surface area contributed by atoms with Gasteiger partial charge in [0.25, 0.3) is 0 Å². The first-order chi connectivity index (χ1) is 20.1. The van der Waals surface area contributed by atoms with Crippen molar-refractivity contribution in [1.29, 1.82) is 0 Å². The maximum atomic E-state index is 9.50. The van der Waals surface area contributed by atoms with Gasteiger partial charge in [0.2, 0.25) is 0 Å². The quantitative estimate of drug-likeness (QED) is 0.263. The Bertz CT molecular complexity index is 1680. The van der Waals surface area contributed by atoms with E-state index in [0.717, 1.165) is 95.4 Å². The van der Waals surface area contributed by atoms with Crippen LogP contribution in [0.15, 0.2) is 61.1 Å². The van der Waals surface area contributed by atoms with Crippen LogP contribution in [0.25, 0.3) is 33.2 Å². The molecular weight excluding hydrogens is 534 g/mol. The maximum absolute atomic E-state index is 9.50. The van der Waals surface area contributed by atoms with Crippen molar-refractivity contribution in [3.63, 3.8) is 0 Å². The molecule has 1 saturated heterocycles. The molecule has 4 heterocycles. The molecule has 7 rings (SSSR count). The van der Waals surface area contributed by atoms with Crippen molar-refractivity contribution >= 4 is 39.4 Å². The summed E-state index contributed by atoms with van der Waals surface area (Å²) in [6.07, 6.45) is 10.3. The molecule has 0 bridgehead atoms. The molecule has 1 aliphatic carbocycles. The molecule has 1 aliphatic heterocycles. The summed E-state index contributed by atoms with van der Waals surface area (Å²) in [6.45, 7) is 3.23. The topological polar surface area (TPSA) is 98.0 Å². The Kier molecular flexibility index (Phi) is 7.15. The molecule has 9 heteroatoms. The summed E-state index contributed by atoms with van der Waals surface area (Å²) < 4.78 is 4.34. The third kappa shape index (κ3) is 4.98. The third-order valence-electron chi connectivity index (χ3n) is 9.30. The Balaban J connectivity index is 1.16. The summed E-state index contributed by atoms with van der Waals surface area (Å²) in [5.74, 6) is 0.940. The van der Waals surface area contributed by atoms with Crippen LogP contribution in [0.1, 0.15) is 50.1 Å². The van der Waals surface area contributed by atoms with Gasteiger partial charge in [0.15, 0.2) is 5.65 Å². The molecule has 0 amide bonds. The minimum atomic E-state index is 0.284. The summed E-state index contributed by atoms with van der Waals surface area (Å²) >= 11 is 6.43. The molecule has 212 valence electrons. The van der Waals surface area contributed by atoms with E-state index >= 15 is 0 Å². The number of aliphatic hydroxyl groups excluding tert-OH is 1. The van der Waals surface area contributed by atoms with Gasteiger partial charge >= 0.3 is 0 Å². The number of fused-ring (bicyclic) bond motifs is 2. The van der Waals surface area contributed by atoms with Crippen LogP contribution in [0.5, 0.6) is 0 Å². The smallest absolute Gasteiger partial charge is 0.164 e. The fourth-order valence-electron chi connectivity index (χ4n) is 6.92. The average molecular weight is 570 g/mol. The molecule has 2 aliphatic rings. The van der Waals surface area contributed by atoms with Crippen LogP contribution in [-0.4, -0.2) is 60.1 Å². The van der Waals surface area contributed by atoms with E-state index in [0.29, 0.717) is 30.9 Å². The van der Waals surface area contributed by atoms with Gasteiger partial charge in [-0.3, -0.25) is 0 Å². The molecule has 5 aromatic rings. The van der Waals surface area contributed by atoms with Crippen molar-refractivity contribution in [2.45, 2.75) is 57.2 Å². The summed E-state index contributed by atoms with van der Waals surface area (Å²) in [4.78, 5) is 11.6. The van der Waals surface area contributed by atoms with Gasteiger partial charge < -0.3 is 20.3 Å². The Morgan fingerprint density at radius 3 is 2.49 bits per heavy atom. The number of anilines is 1. The lowest BCUT2D eigenvalue weighted by atomic mass is 9.88. The van der Waals surface area contributed by atoms with Gasteiger partial charge in [0.1, 0.15) is 17.8 Å². The highest BCUT2D eigenvalue weighted by atomic mass is 35.5. The van der Waals surface area contributed by atoms with Gasteiger partial charge in [-0.25, -0.2) is 14.6 Å². The Hall–Kier alpha value is -3.46. The monoisotopic (exact) mass is 569 g/mol. The molecule has 41 heavy (non-hydrogen) atoms. The van der Waals surface area contributed by atoms with Gasteiger partial charge in [-0.1, -0.05) is 35.9 Å². The number of aromatic nitrogens is 5. The number of rotatable bonds is 6. The SMILES string of the molecule is Nc1ncnc2c1c(-c1ccc3c(ccn3Cc3ccccc3Cl)c1)nn2C1CCC(N2CCC(CO)CC2)CC1. The van der Waals surface area contributed by atoms with Crippen molar-refractivity contribution in [2.24, 2.45) is 5.92 Å². The molecule has 3 N–H and O–H groups in total. The molecule has 0 atom stereocenters. The molecule has 3 aromatic heterocycles. The zero-order valence-electron chi connectivity index (χ0n) is 23.2. The van der Waals surface area contributed by atoms with E-state index in [9.17, 15) is 5.11 Å². The highest BCUT2D eigenvalue weighted by molar-refractivity contribution is 6.31. The van der Waals surface area contributed by atoms with E-state index in [1.165, 1.54) is 0 Å². The normalized spacial score (nSPS) is 20.7. The van der Waals surface area contributed by atoms with Crippen molar-refractivity contribution in [2.75, 3.05) is 25.4 Å². The molecule has 2 fully saturated rings. The van der Waals surface area contributed by atoms with Crippen LogP contribution in [0.4, 0.5) is 5.82 Å². The van der Waals surface area contributed by atoms with E-state index in [1.54, 1.807) is 6.33 Å². The Morgan fingerprint density at radius 2 is 1.71 bits per heavy atom. The Morgan fingerprint density at radius 1 is 0.927 bits per heavy atom. The van der Waals surface area contributed by atoms with Crippen LogP contribution >= 0.6 is 11.6 Å². The number of nitrogens with zero attached hydrogens (tertiary/aromatic N) is 6. The number of halogens is 1. The summed E-state index contributed by atoms with van der Waals surface area (Å²) in [7, 11) is 0. The third-order valence-corrected chi connectivity index (χ3v) is 9.67. The first kappa shape index (κ1) is 26.4. The van der Waals surface area contributed by atoms with Gasteiger partial charge in [-0.2, -0.15) is 5.10 Å². The lowest BCUT2D eigenvalue weighted by molar-refractivity contribution is 0.0757. The standard InChI is InChI=1S/C32H36ClN7O/c33-27-4-2-1-3-24(27)18-39-16-13-22-17-23(5-10-28(22)39)30-29-31(34)35-20-36-32(29)40(37-30)26-8-6-25(7-9-26)38-14-11-21(19-41)12-15-38/h1-5,10,13,16-17,20-21,25-26,41H,6-9,11-12,14-15,18-19H2,(H2,34,35,36). The minimum Gasteiger partial charge on any atom is -0.396 e. The largest absolute Gasteiger partial charge is 0.396 e. The molecule has 8 nitrogen and oxygen atoms in total. The first-order valence-electron chi connectivity index (χ1n) is 14.8. The van der Waals surface area contributed by atoms with Crippen molar-refractivity contribution in [1.82, 2.24) is 29.2 Å². The van der Waals surface area contributed by atoms with Crippen LogP contribution in [0, 0.1) is 5.92 Å². The second-order valence-electron chi connectivity index (χ2n) is 11.7. The number of hydrogen-bond donors (Lipinski definition) is 2.